The molecule has 1 aliphatic heterocycles. The van der Waals surface area contributed by atoms with Crippen LogP contribution < -0.4 is 5.43 Å². The molecule has 0 saturated carbocycles. The van der Waals surface area contributed by atoms with E-state index in [0.29, 0.717) is 0 Å². The van der Waals surface area contributed by atoms with Crippen molar-refractivity contribution >= 4 is 12.1 Å². The van der Waals surface area contributed by atoms with Crippen LogP contribution in [0.25, 0.3) is 0 Å². The third-order valence-electron chi connectivity index (χ3n) is 1.17. The Morgan fingerprint density at radius 3 is 3.12 bits per heavy atom. The Hall–Kier alpha value is -0.860. The summed E-state index contributed by atoms with van der Waals surface area (Å²) < 4.78 is 0. The van der Waals surface area contributed by atoms with E-state index in [9.17, 15) is 4.79 Å². The van der Waals surface area contributed by atoms with Gasteiger partial charge in [0.15, 0.2) is 0 Å². The summed E-state index contributed by atoms with van der Waals surface area (Å²) in [5.74, 6) is 0.125. The Bertz CT molecular complexity index is 130. The minimum absolute atomic E-state index is 0.0208. The van der Waals surface area contributed by atoms with Gasteiger partial charge in [-0.2, -0.15) is 5.10 Å². The summed E-state index contributed by atoms with van der Waals surface area (Å²) in [4.78, 5) is 10.6. The van der Waals surface area contributed by atoms with Gasteiger partial charge in [0.05, 0.1) is 0 Å². The highest BCUT2D eigenvalue weighted by atomic mass is 16.2. The molecule has 1 rings (SSSR count). The number of rotatable bonds is 0. The topological polar surface area (TPSA) is 41.5 Å². The maximum absolute atomic E-state index is 10.6. The molecule has 0 aromatic rings. The summed E-state index contributed by atoms with van der Waals surface area (Å²) in [6.45, 7) is 1.88. The Morgan fingerprint density at radius 1 is 2.00 bits per heavy atom. The first-order valence-corrected chi connectivity index (χ1v) is 2.62. The zero-order valence-electron chi connectivity index (χ0n) is 4.72. The largest absolute Gasteiger partial charge is 0.273 e. The molecule has 0 radical (unpaired) electrons. The standard InChI is InChI=1S/C5H8N2O/c1-4-2-3-6-7-5(4)8/h3-4H,2H2,1H3,(H,7,8)/t4-/m1/s1. The van der Waals surface area contributed by atoms with E-state index in [2.05, 4.69) is 10.5 Å². The highest BCUT2D eigenvalue weighted by Crippen LogP contribution is 2.01. The number of carbonyl (C=O) groups is 1. The third-order valence-corrected chi connectivity index (χ3v) is 1.17. The average molecular weight is 112 g/mol. The van der Waals surface area contributed by atoms with Gasteiger partial charge in [0.2, 0.25) is 5.91 Å². The molecule has 1 N–H and O–H groups in total. The van der Waals surface area contributed by atoms with E-state index >= 15 is 0 Å². The molecule has 0 fully saturated rings. The Morgan fingerprint density at radius 2 is 2.75 bits per heavy atom. The van der Waals surface area contributed by atoms with E-state index in [0.717, 1.165) is 6.42 Å². The lowest BCUT2D eigenvalue weighted by molar-refractivity contribution is -0.124. The SMILES string of the molecule is C[C@@H]1CC=NNC1=O. The molecular formula is C5H8N2O. The van der Waals surface area contributed by atoms with Crippen LogP contribution in [0.3, 0.4) is 0 Å². The number of amides is 1. The first-order chi connectivity index (χ1) is 3.80. The van der Waals surface area contributed by atoms with Gasteiger partial charge in [0.1, 0.15) is 0 Å². The molecule has 1 aliphatic rings. The molecule has 3 heteroatoms. The lowest BCUT2D eigenvalue weighted by atomic mass is 10.1. The molecule has 0 aromatic heterocycles. The minimum Gasteiger partial charge on any atom is -0.273 e. The summed E-state index contributed by atoms with van der Waals surface area (Å²) in [5, 5.41) is 3.58. The zero-order valence-corrected chi connectivity index (χ0v) is 4.72. The molecule has 44 valence electrons. The fourth-order valence-corrected chi connectivity index (χ4v) is 0.537. The van der Waals surface area contributed by atoms with Crippen molar-refractivity contribution in [3.63, 3.8) is 0 Å². The second kappa shape index (κ2) is 1.94. The number of hydrogen-bond acceptors (Lipinski definition) is 2. The van der Waals surface area contributed by atoms with Crippen molar-refractivity contribution in [2.24, 2.45) is 11.0 Å². The van der Waals surface area contributed by atoms with E-state index < -0.39 is 0 Å². The summed E-state index contributed by atoms with van der Waals surface area (Å²) in [7, 11) is 0. The van der Waals surface area contributed by atoms with Gasteiger partial charge in [-0.15, -0.1) is 0 Å². The smallest absolute Gasteiger partial charge is 0.243 e. The van der Waals surface area contributed by atoms with Crippen molar-refractivity contribution in [2.45, 2.75) is 13.3 Å². The lowest BCUT2D eigenvalue weighted by Gasteiger charge is -2.09. The zero-order chi connectivity index (χ0) is 5.98. The normalized spacial score (nSPS) is 27.6. The summed E-state index contributed by atoms with van der Waals surface area (Å²) in [5.41, 5.74) is 2.36. The number of hydrogen-bond donors (Lipinski definition) is 1. The highest BCUT2D eigenvalue weighted by Gasteiger charge is 2.12. The lowest BCUT2D eigenvalue weighted by Crippen LogP contribution is -2.28. The molecule has 0 aromatic carbocycles. The van der Waals surface area contributed by atoms with Crippen molar-refractivity contribution in [2.75, 3.05) is 0 Å². The average Bonchev–Trinajstić information content (AvgIpc) is 1.77. The number of nitrogens with one attached hydrogen (secondary N) is 1. The van der Waals surface area contributed by atoms with Gasteiger partial charge in [0, 0.05) is 12.1 Å². The van der Waals surface area contributed by atoms with Crippen LogP contribution in [0.5, 0.6) is 0 Å². The van der Waals surface area contributed by atoms with Crippen molar-refractivity contribution in [1.29, 1.82) is 0 Å². The fourth-order valence-electron chi connectivity index (χ4n) is 0.537. The van der Waals surface area contributed by atoms with E-state index in [1.807, 2.05) is 6.92 Å². The fraction of sp³-hybridized carbons (Fsp3) is 0.600. The van der Waals surface area contributed by atoms with Gasteiger partial charge >= 0.3 is 0 Å². The van der Waals surface area contributed by atoms with Gasteiger partial charge < -0.3 is 0 Å². The molecule has 3 nitrogen and oxygen atoms in total. The first kappa shape index (κ1) is 5.28. The van der Waals surface area contributed by atoms with Crippen LogP contribution >= 0.6 is 0 Å². The Kier molecular flexibility index (Phi) is 1.28. The van der Waals surface area contributed by atoms with Crippen LogP contribution in [0.2, 0.25) is 0 Å². The molecule has 8 heavy (non-hydrogen) atoms. The third kappa shape index (κ3) is 0.857. The summed E-state index contributed by atoms with van der Waals surface area (Å²) in [6.07, 6.45) is 2.48. The number of hydrazone groups is 1. The van der Waals surface area contributed by atoms with Crippen molar-refractivity contribution in [3.05, 3.63) is 0 Å². The highest BCUT2D eigenvalue weighted by molar-refractivity contribution is 5.84. The molecule has 1 amide bonds. The predicted molar refractivity (Wildman–Crippen MR) is 30.4 cm³/mol. The van der Waals surface area contributed by atoms with Gasteiger partial charge in [-0.3, -0.25) is 4.79 Å². The quantitative estimate of drug-likeness (QED) is 0.475. The van der Waals surface area contributed by atoms with Gasteiger partial charge in [-0.05, 0) is 6.42 Å². The number of nitrogens with zero attached hydrogens (tertiary/aromatic N) is 1. The van der Waals surface area contributed by atoms with Gasteiger partial charge in [-0.25, -0.2) is 5.43 Å². The van der Waals surface area contributed by atoms with Crippen molar-refractivity contribution < 1.29 is 4.79 Å². The molecule has 0 saturated heterocycles. The molecule has 1 atom stereocenters. The van der Waals surface area contributed by atoms with Crippen LogP contribution in [0.4, 0.5) is 0 Å². The van der Waals surface area contributed by atoms with Crippen molar-refractivity contribution in [1.82, 2.24) is 5.43 Å². The van der Waals surface area contributed by atoms with Gasteiger partial charge in [0.25, 0.3) is 0 Å². The van der Waals surface area contributed by atoms with Crippen LogP contribution in [0.1, 0.15) is 13.3 Å². The molecule has 0 bridgehead atoms. The summed E-state index contributed by atoms with van der Waals surface area (Å²) >= 11 is 0. The van der Waals surface area contributed by atoms with E-state index in [1.165, 1.54) is 0 Å². The molecular weight excluding hydrogens is 104 g/mol. The van der Waals surface area contributed by atoms with E-state index in [-0.39, 0.29) is 11.8 Å². The van der Waals surface area contributed by atoms with Crippen LogP contribution in [-0.2, 0) is 4.79 Å². The maximum atomic E-state index is 10.6. The molecule has 1 heterocycles. The predicted octanol–water partition coefficient (Wildman–Crippen LogP) is 0.128. The monoisotopic (exact) mass is 112 g/mol. The Balaban J connectivity index is 2.57. The summed E-state index contributed by atoms with van der Waals surface area (Å²) in [6, 6.07) is 0. The maximum Gasteiger partial charge on any atom is 0.243 e. The molecule has 0 aliphatic carbocycles. The first-order valence-electron chi connectivity index (χ1n) is 2.62. The minimum atomic E-state index is 0.0208. The Labute approximate surface area is 47.8 Å². The van der Waals surface area contributed by atoms with Crippen LogP contribution in [0, 0.1) is 5.92 Å². The number of carbonyl (C=O) groups excluding carboxylic acids is 1. The molecule has 0 unspecified atom stereocenters. The molecule has 0 spiro atoms. The van der Waals surface area contributed by atoms with Crippen LogP contribution in [-0.4, -0.2) is 12.1 Å². The van der Waals surface area contributed by atoms with Crippen molar-refractivity contribution in [3.8, 4) is 0 Å². The van der Waals surface area contributed by atoms with Gasteiger partial charge in [-0.1, -0.05) is 6.92 Å². The second-order valence-electron chi connectivity index (χ2n) is 1.92. The van der Waals surface area contributed by atoms with E-state index in [4.69, 9.17) is 0 Å². The second-order valence-corrected chi connectivity index (χ2v) is 1.92. The van der Waals surface area contributed by atoms with Crippen LogP contribution in [0.15, 0.2) is 5.10 Å². The van der Waals surface area contributed by atoms with E-state index in [1.54, 1.807) is 6.21 Å².